The van der Waals surface area contributed by atoms with Gasteiger partial charge in [-0.05, 0) is 6.42 Å². The van der Waals surface area contributed by atoms with Gasteiger partial charge in [0.2, 0.25) is 5.91 Å². The van der Waals surface area contributed by atoms with E-state index in [-0.39, 0.29) is 54.3 Å². The van der Waals surface area contributed by atoms with E-state index in [1.807, 2.05) is 0 Å². The smallest absolute Gasteiger partial charge is 0.748 e. The molecular weight excluding hydrogens is 431 g/mol. The molecule has 0 aromatic heterocycles. The Kier molecular flexibility index (Phi) is 23.6. The second kappa shape index (κ2) is 20.2. The molecule has 0 bridgehead atoms. The Hall–Kier alpha value is 0.250. The third-order valence-electron chi connectivity index (χ3n) is 3.97. The summed E-state index contributed by atoms with van der Waals surface area (Å²) in [5.74, 6) is -0.943. The van der Waals surface area contributed by atoms with Crippen molar-refractivity contribution in [2.75, 3.05) is 31.6 Å². The van der Waals surface area contributed by atoms with Crippen LogP contribution >= 0.6 is 0 Å². The zero-order valence-corrected chi connectivity index (χ0v) is 21.8. The van der Waals surface area contributed by atoms with E-state index in [9.17, 15) is 26.2 Å². The molecule has 9 nitrogen and oxygen atoms in total. The van der Waals surface area contributed by atoms with Gasteiger partial charge < -0.3 is 15.2 Å². The molecule has 1 amide bonds. The summed E-state index contributed by atoms with van der Waals surface area (Å²) in [6.45, 7) is 2.17. The minimum Gasteiger partial charge on any atom is -0.748 e. The largest absolute Gasteiger partial charge is 1.00 e. The van der Waals surface area contributed by atoms with Gasteiger partial charge in [0.25, 0.3) is 10.1 Å². The topological polar surface area (TPSA) is 158 Å². The first-order valence-corrected chi connectivity index (χ1v) is 12.9. The van der Waals surface area contributed by atoms with E-state index in [2.05, 4.69) is 6.92 Å². The van der Waals surface area contributed by atoms with Gasteiger partial charge in [0, 0.05) is 26.6 Å². The van der Waals surface area contributed by atoms with E-state index >= 15 is 0 Å². The Labute approximate surface area is 199 Å². The van der Waals surface area contributed by atoms with Gasteiger partial charge in [0.05, 0.1) is 21.6 Å². The summed E-state index contributed by atoms with van der Waals surface area (Å²) in [6, 6.07) is 0. The van der Waals surface area contributed by atoms with Crippen LogP contribution in [0.4, 0.5) is 0 Å². The SMILES string of the molecule is CCCCCCCCCCCC(=O)N(C)CCS(=O)(=O)[O-].NCCS(=O)(=O)O.[Na+]. The molecular formula is C17H37N2NaO7S2. The van der Waals surface area contributed by atoms with Crippen LogP contribution < -0.4 is 35.3 Å². The third kappa shape index (κ3) is 30.5. The van der Waals surface area contributed by atoms with Gasteiger partial charge in [0.15, 0.2) is 0 Å². The van der Waals surface area contributed by atoms with Crippen molar-refractivity contribution in [3.05, 3.63) is 0 Å². The van der Waals surface area contributed by atoms with Gasteiger partial charge in [-0.2, -0.15) is 8.42 Å². The van der Waals surface area contributed by atoms with E-state index in [1.165, 1.54) is 43.4 Å². The first kappa shape index (κ1) is 33.9. The average molecular weight is 469 g/mol. The van der Waals surface area contributed by atoms with Crippen LogP contribution in [0.3, 0.4) is 0 Å². The molecule has 0 aliphatic heterocycles. The van der Waals surface area contributed by atoms with Crippen molar-refractivity contribution in [1.82, 2.24) is 4.90 Å². The molecule has 12 heteroatoms. The van der Waals surface area contributed by atoms with Crippen LogP contribution in [-0.4, -0.2) is 68.4 Å². The number of nitrogens with zero attached hydrogens (tertiary/aromatic N) is 1. The fourth-order valence-corrected chi connectivity index (χ4v) is 3.10. The molecule has 0 radical (unpaired) electrons. The Balaban J connectivity index is -0.000000721. The van der Waals surface area contributed by atoms with Gasteiger partial charge in [-0.3, -0.25) is 9.35 Å². The fraction of sp³-hybridized carbons (Fsp3) is 0.941. The van der Waals surface area contributed by atoms with Crippen LogP contribution in [0.1, 0.15) is 71.1 Å². The van der Waals surface area contributed by atoms with E-state index in [0.29, 0.717) is 6.42 Å². The standard InChI is InChI=1S/C15H31NO4S.C2H7NO3S.Na/c1-3-4-5-6-7-8-9-10-11-12-15(17)16(2)13-14-21(18,19)20;3-1-2-7(4,5)6;/h3-14H2,1-2H3,(H,18,19,20);1-3H2,(H,4,5,6);/q;;+1/p-1. The number of amides is 1. The van der Waals surface area contributed by atoms with Crippen LogP contribution in [0.15, 0.2) is 0 Å². The Morgan fingerprint density at radius 3 is 1.72 bits per heavy atom. The van der Waals surface area contributed by atoms with E-state index in [0.717, 1.165) is 19.3 Å². The molecule has 0 fully saturated rings. The number of hydrogen-bond acceptors (Lipinski definition) is 7. The van der Waals surface area contributed by atoms with Gasteiger partial charge in [-0.15, -0.1) is 0 Å². The minimum atomic E-state index is -4.24. The monoisotopic (exact) mass is 468 g/mol. The second-order valence-corrected chi connectivity index (χ2v) is 9.83. The van der Waals surface area contributed by atoms with Crippen molar-refractivity contribution in [3.63, 3.8) is 0 Å². The first-order valence-electron chi connectivity index (χ1n) is 9.75. The molecule has 0 unspecified atom stereocenters. The molecule has 0 aromatic rings. The molecule has 0 saturated heterocycles. The maximum absolute atomic E-state index is 11.7. The second-order valence-electron chi connectivity index (χ2n) is 6.73. The molecule has 29 heavy (non-hydrogen) atoms. The van der Waals surface area contributed by atoms with Gasteiger partial charge >= 0.3 is 29.6 Å². The Morgan fingerprint density at radius 1 is 0.931 bits per heavy atom. The summed E-state index contributed by atoms with van der Waals surface area (Å²) in [4.78, 5) is 13.0. The van der Waals surface area contributed by atoms with Gasteiger partial charge in [0.1, 0.15) is 0 Å². The van der Waals surface area contributed by atoms with E-state index in [4.69, 9.17) is 10.3 Å². The van der Waals surface area contributed by atoms with Crippen LogP contribution in [-0.2, 0) is 25.0 Å². The Morgan fingerprint density at radius 2 is 1.38 bits per heavy atom. The zero-order valence-electron chi connectivity index (χ0n) is 18.1. The summed E-state index contributed by atoms with van der Waals surface area (Å²) in [5.41, 5.74) is 4.78. The van der Waals surface area contributed by atoms with Crippen molar-refractivity contribution in [3.8, 4) is 0 Å². The third-order valence-corrected chi connectivity index (χ3v) is 5.41. The molecule has 0 aromatic carbocycles. The normalized spacial score (nSPS) is 11.2. The molecule has 0 atom stereocenters. The molecule has 0 heterocycles. The molecule has 0 spiro atoms. The molecule has 0 aliphatic carbocycles. The molecule has 0 aliphatic rings. The first-order chi connectivity index (χ1) is 12.9. The quantitative estimate of drug-likeness (QED) is 0.171. The Bertz CT molecular complexity index is 599. The summed E-state index contributed by atoms with van der Waals surface area (Å²) >= 11 is 0. The number of carbonyl (C=O) groups is 1. The number of nitrogens with two attached hydrogens (primary N) is 1. The van der Waals surface area contributed by atoms with Gasteiger partial charge in [-0.1, -0.05) is 58.3 Å². The van der Waals surface area contributed by atoms with Crippen molar-refractivity contribution >= 4 is 26.1 Å². The number of hydrogen-bond donors (Lipinski definition) is 2. The van der Waals surface area contributed by atoms with Crippen LogP contribution in [0.5, 0.6) is 0 Å². The summed E-state index contributed by atoms with van der Waals surface area (Å²) in [6.07, 6.45) is 11.2. The number of unbranched alkanes of at least 4 members (excludes halogenated alkanes) is 8. The van der Waals surface area contributed by atoms with Crippen molar-refractivity contribution < 1.29 is 60.3 Å². The van der Waals surface area contributed by atoms with Crippen LogP contribution in [0.25, 0.3) is 0 Å². The predicted octanol–water partition coefficient (Wildman–Crippen LogP) is -1.25. The van der Waals surface area contributed by atoms with Crippen LogP contribution in [0.2, 0.25) is 0 Å². The number of rotatable bonds is 15. The molecule has 170 valence electrons. The number of carbonyl (C=O) groups excluding carboxylic acids is 1. The summed E-state index contributed by atoms with van der Waals surface area (Å²) in [7, 11) is -6.50. The molecule has 0 saturated carbocycles. The maximum Gasteiger partial charge on any atom is 1.00 e. The minimum absolute atomic E-state index is 0. The maximum atomic E-state index is 11.7. The zero-order chi connectivity index (χ0) is 22.1. The summed E-state index contributed by atoms with van der Waals surface area (Å²) in [5, 5.41) is 0. The van der Waals surface area contributed by atoms with Crippen molar-refractivity contribution in [1.29, 1.82) is 0 Å². The van der Waals surface area contributed by atoms with Crippen LogP contribution in [0, 0.1) is 0 Å². The van der Waals surface area contributed by atoms with Crippen molar-refractivity contribution in [2.24, 2.45) is 5.73 Å². The average Bonchev–Trinajstić information content (AvgIpc) is 2.56. The molecule has 3 N–H and O–H groups in total. The van der Waals surface area contributed by atoms with Crippen molar-refractivity contribution in [2.45, 2.75) is 71.1 Å². The fourth-order valence-electron chi connectivity index (χ4n) is 2.30. The van der Waals surface area contributed by atoms with E-state index < -0.39 is 26.0 Å². The summed E-state index contributed by atoms with van der Waals surface area (Å²) < 4.78 is 58.8. The predicted molar refractivity (Wildman–Crippen MR) is 110 cm³/mol. The van der Waals surface area contributed by atoms with E-state index in [1.54, 1.807) is 7.05 Å². The van der Waals surface area contributed by atoms with Gasteiger partial charge in [-0.25, -0.2) is 8.42 Å². The molecule has 0 rings (SSSR count).